The maximum absolute atomic E-state index is 5.36. The summed E-state index contributed by atoms with van der Waals surface area (Å²) in [5.41, 5.74) is 0. The molecule has 0 aliphatic rings. The Kier molecular flexibility index (Phi) is 6.68. The minimum absolute atomic E-state index is 0.365. The van der Waals surface area contributed by atoms with Gasteiger partial charge in [-0.3, -0.25) is 0 Å². The standard InChI is InChI=1S/C9H20BrNOSi/c1-5-6-7-9(10)8-11-12-13(2,3)4/h8-9H,5-7H2,1-4H3/b11-8+. The lowest BCUT2D eigenvalue weighted by atomic mass is 10.2. The van der Waals surface area contributed by atoms with E-state index in [0.29, 0.717) is 4.83 Å². The molecule has 0 saturated carbocycles. The highest BCUT2D eigenvalue weighted by molar-refractivity contribution is 9.09. The molecule has 0 spiro atoms. The highest BCUT2D eigenvalue weighted by Gasteiger charge is 2.15. The largest absolute Gasteiger partial charge is 0.456 e. The average Bonchev–Trinajstić information content (AvgIpc) is 1.98. The third-order valence-electron chi connectivity index (χ3n) is 1.38. The minimum Gasteiger partial charge on any atom is -0.456 e. The van der Waals surface area contributed by atoms with Crippen LogP contribution in [0.25, 0.3) is 0 Å². The number of hydrogen-bond acceptors (Lipinski definition) is 2. The van der Waals surface area contributed by atoms with E-state index in [4.69, 9.17) is 4.53 Å². The lowest BCUT2D eigenvalue weighted by Crippen LogP contribution is -2.22. The third-order valence-corrected chi connectivity index (χ3v) is 2.73. The molecule has 1 unspecified atom stereocenters. The molecular formula is C9H20BrNOSi. The summed E-state index contributed by atoms with van der Waals surface area (Å²) in [6.45, 7) is 8.56. The first-order valence-electron chi connectivity index (χ1n) is 4.81. The van der Waals surface area contributed by atoms with Crippen molar-refractivity contribution < 1.29 is 4.53 Å². The van der Waals surface area contributed by atoms with Crippen LogP contribution in [-0.2, 0) is 4.53 Å². The van der Waals surface area contributed by atoms with Gasteiger partial charge in [-0.25, -0.2) is 0 Å². The van der Waals surface area contributed by atoms with E-state index < -0.39 is 8.32 Å². The van der Waals surface area contributed by atoms with Crippen LogP contribution in [0.3, 0.4) is 0 Å². The number of oxime groups is 1. The van der Waals surface area contributed by atoms with Crippen molar-refractivity contribution in [1.29, 1.82) is 0 Å². The first-order valence-corrected chi connectivity index (χ1v) is 9.14. The molecule has 0 aromatic carbocycles. The summed E-state index contributed by atoms with van der Waals surface area (Å²) in [6.07, 6.45) is 5.45. The summed E-state index contributed by atoms with van der Waals surface area (Å²) >= 11 is 3.53. The number of unbranched alkanes of at least 4 members (excludes halogenated alkanes) is 1. The molecule has 0 amide bonds. The second kappa shape index (κ2) is 6.60. The summed E-state index contributed by atoms with van der Waals surface area (Å²) in [6, 6.07) is 0. The molecule has 1 atom stereocenters. The van der Waals surface area contributed by atoms with Crippen LogP contribution in [0, 0.1) is 0 Å². The molecule has 0 rings (SSSR count). The SMILES string of the molecule is CCCCC(Br)/C=N/O[Si](C)(C)C. The van der Waals surface area contributed by atoms with Gasteiger partial charge in [-0.2, -0.15) is 0 Å². The van der Waals surface area contributed by atoms with Gasteiger partial charge in [0.15, 0.2) is 0 Å². The van der Waals surface area contributed by atoms with Crippen molar-refractivity contribution in [3.8, 4) is 0 Å². The predicted octanol–water partition coefficient (Wildman–Crippen LogP) is 3.78. The highest BCUT2D eigenvalue weighted by Crippen LogP contribution is 2.08. The van der Waals surface area contributed by atoms with Crippen molar-refractivity contribution in [2.24, 2.45) is 5.16 Å². The van der Waals surface area contributed by atoms with Crippen LogP contribution in [0.1, 0.15) is 26.2 Å². The van der Waals surface area contributed by atoms with E-state index in [1.807, 2.05) is 6.21 Å². The zero-order chi connectivity index (χ0) is 10.3. The topological polar surface area (TPSA) is 21.6 Å². The van der Waals surface area contributed by atoms with Crippen LogP contribution in [0.5, 0.6) is 0 Å². The molecule has 0 radical (unpaired) electrons. The second-order valence-corrected chi connectivity index (χ2v) is 9.70. The van der Waals surface area contributed by atoms with Gasteiger partial charge in [-0.15, -0.1) is 5.16 Å². The van der Waals surface area contributed by atoms with Crippen molar-refractivity contribution in [2.75, 3.05) is 0 Å². The number of rotatable bonds is 6. The minimum atomic E-state index is -1.47. The van der Waals surface area contributed by atoms with Crippen LogP contribution in [-0.4, -0.2) is 19.4 Å². The Morgan fingerprint density at radius 2 is 2.08 bits per heavy atom. The summed E-state index contributed by atoms with van der Waals surface area (Å²) in [4.78, 5) is 0.365. The summed E-state index contributed by atoms with van der Waals surface area (Å²) in [7, 11) is -1.47. The van der Waals surface area contributed by atoms with E-state index in [0.717, 1.165) is 6.42 Å². The number of nitrogens with zero attached hydrogens (tertiary/aromatic N) is 1. The Morgan fingerprint density at radius 3 is 2.54 bits per heavy atom. The lowest BCUT2D eigenvalue weighted by Gasteiger charge is -2.12. The van der Waals surface area contributed by atoms with Gasteiger partial charge < -0.3 is 4.53 Å². The molecule has 0 aliphatic heterocycles. The van der Waals surface area contributed by atoms with Gasteiger partial charge in [0.1, 0.15) is 0 Å². The van der Waals surface area contributed by atoms with Gasteiger partial charge in [0, 0.05) is 0 Å². The third kappa shape index (κ3) is 10.1. The Bertz CT molecular complexity index is 156. The molecule has 0 aromatic rings. The molecule has 0 fully saturated rings. The Labute approximate surface area is 91.0 Å². The molecule has 0 heterocycles. The van der Waals surface area contributed by atoms with E-state index in [1.54, 1.807) is 0 Å². The van der Waals surface area contributed by atoms with E-state index >= 15 is 0 Å². The first kappa shape index (κ1) is 13.2. The van der Waals surface area contributed by atoms with E-state index in [1.165, 1.54) is 12.8 Å². The lowest BCUT2D eigenvalue weighted by molar-refractivity contribution is 0.336. The van der Waals surface area contributed by atoms with Crippen LogP contribution >= 0.6 is 15.9 Å². The second-order valence-electron chi connectivity index (χ2n) is 4.12. The van der Waals surface area contributed by atoms with Crippen LogP contribution in [0.15, 0.2) is 5.16 Å². The molecule has 4 heteroatoms. The van der Waals surface area contributed by atoms with Gasteiger partial charge >= 0.3 is 0 Å². The first-order chi connectivity index (χ1) is 5.95. The molecule has 0 aliphatic carbocycles. The molecule has 13 heavy (non-hydrogen) atoms. The number of halogens is 1. The summed E-state index contributed by atoms with van der Waals surface area (Å²) in [5, 5.41) is 3.99. The van der Waals surface area contributed by atoms with Gasteiger partial charge in [-0.1, -0.05) is 35.7 Å². The van der Waals surface area contributed by atoms with Crippen molar-refractivity contribution in [3.05, 3.63) is 0 Å². The van der Waals surface area contributed by atoms with Crippen molar-refractivity contribution in [1.82, 2.24) is 0 Å². The number of hydrogen-bond donors (Lipinski definition) is 0. The molecule has 0 bridgehead atoms. The average molecular weight is 266 g/mol. The fourth-order valence-corrected chi connectivity index (χ4v) is 1.53. The molecule has 2 nitrogen and oxygen atoms in total. The van der Waals surface area contributed by atoms with Gasteiger partial charge in [0.05, 0.1) is 11.0 Å². The molecule has 0 aromatic heterocycles. The predicted molar refractivity (Wildman–Crippen MR) is 65.2 cm³/mol. The van der Waals surface area contributed by atoms with Crippen LogP contribution < -0.4 is 0 Å². The number of alkyl halides is 1. The Hall–Kier alpha value is 0.167. The van der Waals surface area contributed by atoms with E-state index in [2.05, 4.69) is 47.7 Å². The summed E-state index contributed by atoms with van der Waals surface area (Å²) in [5.74, 6) is 0. The monoisotopic (exact) mass is 265 g/mol. The van der Waals surface area contributed by atoms with Gasteiger partial charge in [0.2, 0.25) is 0 Å². The molecule has 0 N–H and O–H groups in total. The quantitative estimate of drug-likeness (QED) is 0.310. The Morgan fingerprint density at radius 1 is 1.46 bits per heavy atom. The molecule has 78 valence electrons. The van der Waals surface area contributed by atoms with Crippen molar-refractivity contribution >= 4 is 30.5 Å². The maximum Gasteiger partial charge on any atom is 0.278 e. The van der Waals surface area contributed by atoms with Crippen LogP contribution in [0.2, 0.25) is 19.6 Å². The highest BCUT2D eigenvalue weighted by atomic mass is 79.9. The van der Waals surface area contributed by atoms with Crippen molar-refractivity contribution in [2.45, 2.75) is 50.7 Å². The van der Waals surface area contributed by atoms with Gasteiger partial charge in [0.25, 0.3) is 8.32 Å². The van der Waals surface area contributed by atoms with E-state index in [9.17, 15) is 0 Å². The fourth-order valence-electron chi connectivity index (χ4n) is 0.728. The zero-order valence-corrected chi connectivity index (χ0v) is 11.6. The normalized spacial score (nSPS) is 14.8. The fraction of sp³-hybridized carbons (Fsp3) is 0.889. The molecular weight excluding hydrogens is 246 g/mol. The maximum atomic E-state index is 5.36. The van der Waals surface area contributed by atoms with Crippen molar-refractivity contribution in [3.63, 3.8) is 0 Å². The Balaban J connectivity index is 3.59. The van der Waals surface area contributed by atoms with Gasteiger partial charge in [-0.05, 0) is 26.1 Å². The molecule has 0 saturated heterocycles. The zero-order valence-electron chi connectivity index (χ0n) is 9.01. The smallest absolute Gasteiger partial charge is 0.278 e. The van der Waals surface area contributed by atoms with E-state index in [-0.39, 0.29) is 0 Å². The summed E-state index contributed by atoms with van der Waals surface area (Å²) < 4.78 is 5.36. The van der Waals surface area contributed by atoms with Crippen LogP contribution in [0.4, 0.5) is 0 Å².